The maximum absolute atomic E-state index is 12.6. The van der Waals surface area contributed by atoms with Crippen LogP contribution in [0.3, 0.4) is 0 Å². The molecule has 0 radical (unpaired) electrons. The van der Waals surface area contributed by atoms with Crippen molar-refractivity contribution in [3.63, 3.8) is 0 Å². The number of fused-ring (bicyclic) bond motifs is 1. The molecule has 1 aromatic carbocycles. The molecule has 2 fully saturated rings. The van der Waals surface area contributed by atoms with Gasteiger partial charge in [0, 0.05) is 6.54 Å². The van der Waals surface area contributed by atoms with Crippen LogP contribution in [0, 0.1) is 0 Å². The second-order valence-electron chi connectivity index (χ2n) is 6.33. The number of rotatable bonds is 5. The lowest BCUT2D eigenvalue weighted by Crippen LogP contribution is -2.52. The monoisotopic (exact) mass is 343 g/mol. The summed E-state index contributed by atoms with van der Waals surface area (Å²) in [5.74, 6) is 1.22. The largest absolute Gasteiger partial charge is 0.485 e. The zero-order valence-electron chi connectivity index (χ0n) is 14.0. The van der Waals surface area contributed by atoms with Crippen molar-refractivity contribution < 1.29 is 14.3 Å². The van der Waals surface area contributed by atoms with E-state index in [0.29, 0.717) is 19.0 Å². The zero-order chi connectivity index (χ0) is 17.1. The number of nitrogens with zero attached hydrogens (tertiary/aromatic N) is 5. The summed E-state index contributed by atoms with van der Waals surface area (Å²) in [6.07, 6.45) is 3.35. The fourth-order valence-electron chi connectivity index (χ4n) is 3.51. The van der Waals surface area contributed by atoms with Gasteiger partial charge in [0.25, 0.3) is 0 Å². The fourth-order valence-corrected chi connectivity index (χ4v) is 3.51. The third-order valence-corrected chi connectivity index (χ3v) is 4.68. The zero-order valence-corrected chi connectivity index (χ0v) is 14.0. The lowest BCUT2D eigenvalue weighted by Gasteiger charge is -2.37. The van der Waals surface area contributed by atoms with E-state index in [1.54, 1.807) is 0 Å². The summed E-state index contributed by atoms with van der Waals surface area (Å²) < 4.78 is 11.3. The number of carbonyl (C=O) groups is 1. The van der Waals surface area contributed by atoms with E-state index in [0.717, 1.165) is 25.0 Å². The van der Waals surface area contributed by atoms with Gasteiger partial charge in [0.1, 0.15) is 12.3 Å². The van der Waals surface area contributed by atoms with Crippen LogP contribution in [0.4, 0.5) is 0 Å². The first-order valence-electron chi connectivity index (χ1n) is 8.65. The highest BCUT2D eigenvalue weighted by atomic mass is 16.5. The molecule has 2 heterocycles. The van der Waals surface area contributed by atoms with Crippen LogP contribution in [-0.4, -0.2) is 56.3 Å². The first-order chi connectivity index (χ1) is 12.3. The molecule has 1 saturated heterocycles. The van der Waals surface area contributed by atoms with Crippen LogP contribution in [0.1, 0.15) is 25.1 Å². The molecule has 1 aliphatic carbocycles. The summed E-state index contributed by atoms with van der Waals surface area (Å²) in [6, 6.07) is 9.65. The van der Waals surface area contributed by atoms with Crippen molar-refractivity contribution in [2.24, 2.45) is 0 Å². The van der Waals surface area contributed by atoms with Gasteiger partial charge in [-0.2, -0.15) is 4.80 Å². The van der Waals surface area contributed by atoms with E-state index in [1.807, 2.05) is 35.2 Å². The number of benzene rings is 1. The molecule has 0 spiro atoms. The van der Waals surface area contributed by atoms with E-state index in [-0.39, 0.29) is 31.2 Å². The Morgan fingerprint density at radius 2 is 2.16 bits per heavy atom. The molecule has 1 saturated carbocycles. The second-order valence-corrected chi connectivity index (χ2v) is 6.33. The number of para-hydroxylation sites is 1. The summed E-state index contributed by atoms with van der Waals surface area (Å²) >= 11 is 0. The molecule has 0 N–H and O–H groups in total. The molecular formula is C17H21N5O3. The van der Waals surface area contributed by atoms with Crippen molar-refractivity contribution in [1.82, 2.24) is 25.1 Å². The molecule has 8 nitrogen and oxygen atoms in total. The van der Waals surface area contributed by atoms with E-state index >= 15 is 0 Å². The highest BCUT2D eigenvalue weighted by Gasteiger charge is 2.38. The fraction of sp³-hybridized carbons (Fsp3) is 0.529. The van der Waals surface area contributed by atoms with Crippen LogP contribution < -0.4 is 4.74 Å². The molecule has 2 aromatic rings. The first-order valence-corrected chi connectivity index (χ1v) is 8.65. The van der Waals surface area contributed by atoms with Gasteiger partial charge >= 0.3 is 0 Å². The normalized spacial score (nSPS) is 22.6. The molecule has 4 rings (SSSR count). The number of amides is 1. The topological polar surface area (TPSA) is 82.4 Å². The summed E-state index contributed by atoms with van der Waals surface area (Å²) in [5, 5.41) is 12.2. The van der Waals surface area contributed by atoms with Gasteiger partial charge in [0.15, 0.2) is 6.61 Å². The Kier molecular flexibility index (Phi) is 4.60. The van der Waals surface area contributed by atoms with Gasteiger partial charge in [-0.05, 0) is 36.6 Å². The smallest absolute Gasteiger partial charge is 0.246 e. The first kappa shape index (κ1) is 16.0. The Morgan fingerprint density at radius 3 is 3.04 bits per heavy atom. The number of morpholine rings is 1. The van der Waals surface area contributed by atoms with Gasteiger partial charge in [-0.25, -0.2) is 0 Å². The van der Waals surface area contributed by atoms with Crippen LogP contribution in [0.25, 0.3) is 0 Å². The molecule has 2 atom stereocenters. The van der Waals surface area contributed by atoms with Crippen LogP contribution in [0.5, 0.6) is 5.75 Å². The van der Waals surface area contributed by atoms with Crippen LogP contribution in [-0.2, 0) is 22.7 Å². The average Bonchev–Trinajstić information content (AvgIpc) is 3.29. The molecule has 2 unspecified atom stereocenters. The number of hydrogen-bond acceptors (Lipinski definition) is 6. The summed E-state index contributed by atoms with van der Waals surface area (Å²) in [6.45, 7) is 1.56. The van der Waals surface area contributed by atoms with E-state index < -0.39 is 0 Å². The third kappa shape index (κ3) is 3.63. The maximum Gasteiger partial charge on any atom is 0.246 e. The van der Waals surface area contributed by atoms with Gasteiger partial charge in [-0.1, -0.05) is 18.2 Å². The number of aromatic nitrogens is 4. The second kappa shape index (κ2) is 7.18. The predicted molar refractivity (Wildman–Crippen MR) is 87.7 cm³/mol. The van der Waals surface area contributed by atoms with Crippen molar-refractivity contribution in [2.45, 2.75) is 44.6 Å². The molecular weight excluding hydrogens is 322 g/mol. The SMILES string of the molecule is O=C(Cn1nnc(COc2ccccc2)n1)N1CCOC2CCCC21. The molecule has 1 aromatic heterocycles. The lowest BCUT2D eigenvalue weighted by atomic mass is 10.1. The maximum atomic E-state index is 12.6. The number of hydrogen-bond donors (Lipinski definition) is 0. The Labute approximate surface area is 145 Å². The van der Waals surface area contributed by atoms with E-state index in [4.69, 9.17) is 9.47 Å². The molecule has 1 aliphatic heterocycles. The van der Waals surface area contributed by atoms with Crippen molar-refractivity contribution in [2.75, 3.05) is 13.2 Å². The average molecular weight is 343 g/mol. The summed E-state index contributed by atoms with van der Waals surface area (Å²) in [5.41, 5.74) is 0. The number of tetrazole rings is 1. The van der Waals surface area contributed by atoms with Gasteiger partial charge < -0.3 is 14.4 Å². The van der Waals surface area contributed by atoms with Gasteiger partial charge in [0.2, 0.25) is 11.7 Å². The molecule has 1 amide bonds. The molecule has 132 valence electrons. The van der Waals surface area contributed by atoms with Gasteiger partial charge in [0.05, 0.1) is 18.8 Å². The Balaban J connectivity index is 1.33. The van der Waals surface area contributed by atoms with Crippen LogP contribution >= 0.6 is 0 Å². The molecule has 2 aliphatic rings. The molecule has 8 heteroatoms. The van der Waals surface area contributed by atoms with Crippen LogP contribution in [0.15, 0.2) is 30.3 Å². The number of ether oxygens (including phenoxy) is 2. The van der Waals surface area contributed by atoms with Crippen molar-refractivity contribution >= 4 is 5.91 Å². The minimum absolute atomic E-state index is 0.0214. The Hall–Kier alpha value is -2.48. The van der Waals surface area contributed by atoms with Gasteiger partial charge in [-0.15, -0.1) is 10.2 Å². The standard InChI is InChI=1S/C17H21N5O3/c23-17(21-9-10-24-15-8-4-7-14(15)21)11-22-19-16(18-20-22)12-25-13-5-2-1-3-6-13/h1-3,5-6,14-15H,4,7-12H2. The summed E-state index contributed by atoms with van der Waals surface area (Å²) in [4.78, 5) is 15.9. The Bertz CT molecular complexity index is 720. The van der Waals surface area contributed by atoms with Crippen molar-refractivity contribution in [3.8, 4) is 5.75 Å². The lowest BCUT2D eigenvalue weighted by molar-refractivity contribution is -0.145. The predicted octanol–water partition coefficient (Wildman–Crippen LogP) is 1.03. The molecule has 25 heavy (non-hydrogen) atoms. The minimum Gasteiger partial charge on any atom is -0.485 e. The highest BCUT2D eigenvalue weighted by molar-refractivity contribution is 5.76. The van der Waals surface area contributed by atoms with E-state index in [9.17, 15) is 4.79 Å². The van der Waals surface area contributed by atoms with Crippen LogP contribution in [0.2, 0.25) is 0 Å². The number of carbonyl (C=O) groups excluding carboxylic acids is 1. The van der Waals surface area contributed by atoms with E-state index in [2.05, 4.69) is 15.4 Å². The van der Waals surface area contributed by atoms with Crippen molar-refractivity contribution in [1.29, 1.82) is 0 Å². The quantitative estimate of drug-likeness (QED) is 0.806. The minimum atomic E-state index is 0.0214. The Morgan fingerprint density at radius 1 is 1.28 bits per heavy atom. The van der Waals surface area contributed by atoms with Gasteiger partial charge in [-0.3, -0.25) is 4.79 Å². The third-order valence-electron chi connectivity index (χ3n) is 4.68. The summed E-state index contributed by atoms with van der Waals surface area (Å²) in [7, 11) is 0. The van der Waals surface area contributed by atoms with E-state index in [1.165, 1.54) is 4.80 Å². The highest BCUT2D eigenvalue weighted by Crippen LogP contribution is 2.29. The molecule has 0 bridgehead atoms. The van der Waals surface area contributed by atoms with Crippen molar-refractivity contribution in [3.05, 3.63) is 36.2 Å².